The van der Waals surface area contributed by atoms with E-state index in [1.807, 2.05) is 41.4 Å². The van der Waals surface area contributed by atoms with Gasteiger partial charge < -0.3 is 14.6 Å². The molecule has 0 radical (unpaired) electrons. The fraction of sp³-hybridized carbons (Fsp3) is 0.333. The summed E-state index contributed by atoms with van der Waals surface area (Å²) in [5, 5.41) is 1.20. The number of nitrogens with one attached hydrogen (secondary N) is 1. The van der Waals surface area contributed by atoms with Crippen molar-refractivity contribution >= 4 is 16.9 Å². The summed E-state index contributed by atoms with van der Waals surface area (Å²) in [6.45, 7) is 1.61. The molecule has 1 fully saturated rings. The number of hydrogen-bond donors (Lipinski definition) is 1. The first-order chi connectivity index (χ1) is 12.7. The molecule has 4 rings (SSSR count). The van der Waals surface area contributed by atoms with Crippen LogP contribution in [0.5, 0.6) is 5.75 Å². The number of benzene rings is 1. The Balaban J connectivity index is 1.39. The van der Waals surface area contributed by atoms with Gasteiger partial charge in [0.05, 0.1) is 13.5 Å². The number of rotatable bonds is 4. The lowest BCUT2D eigenvalue weighted by Crippen LogP contribution is -2.38. The largest absolute Gasteiger partial charge is 0.497 e. The van der Waals surface area contributed by atoms with Crippen LogP contribution < -0.4 is 4.74 Å². The van der Waals surface area contributed by atoms with E-state index in [0.29, 0.717) is 12.3 Å². The summed E-state index contributed by atoms with van der Waals surface area (Å²) in [5.74, 6) is 1.47. The van der Waals surface area contributed by atoms with E-state index in [1.54, 1.807) is 7.11 Å². The number of amides is 1. The SMILES string of the molecule is COc1cccc(CC(=O)N2CCC(c3c[nH]c4ncccc34)CC2)c1. The van der Waals surface area contributed by atoms with Gasteiger partial charge in [-0.25, -0.2) is 4.98 Å². The number of carbonyl (C=O) groups is 1. The molecule has 0 aliphatic carbocycles. The summed E-state index contributed by atoms with van der Waals surface area (Å²) in [6, 6.07) is 11.8. The number of likely N-dealkylation sites (tertiary alicyclic amines) is 1. The lowest BCUT2D eigenvalue weighted by atomic mass is 9.89. The quantitative estimate of drug-likeness (QED) is 0.784. The van der Waals surface area contributed by atoms with Crippen LogP contribution in [0.4, 0.5) is 0 Å². The molecule has 3 aromatic rings. The normalized spacial score (nSPS) is 15.3. The first kappa shape index (κ1) is 16.6. The van der Waals surface area contributed by atoms with Gasteiger partial charge in [-0.15, -0.1) is 0 Å². The van der Waals surface area contributed by atoms with E-state index in [1.165, 1.54) is 10.9 Å². The van der Waals surface area contributed by atoms with Gasteiger partial charge in [0, 0.05) is 30.9 Å². The van der Waals surface area contributed by atoms with Crippen LogP contribution in [0.2, 0.25) is 0 Å². The number of fused-ring (bicyclic) bond motifs is 1. The Kier molecular flexibility index (Phi) is 4.61. The Morgan fingerprint density at radius 3 is 2.92 bits per heavy atom. The third kappa shape index (κ3) is 3.29. The van der Waals surface area contributed by atoms with Crippen LogP contribution in [0.3, 0.4) is 0 Å². The number of piperidine rings is 1. The van der Waals surface area contributed by atoms with Crippen LogP contribution in [-0.4, -0.2) is 41.0 Å². The summed E-state index contributed by atoms with van der Waals surface area (Å²) < 4.78 is 5.24. The summed E-state index contributed by atoms with van der Waals surface area (Å²) in [4.78, 5) is 22.3. The zero-order valence-electron chi connectivity index (χ0n) is 14.9. The molecule has 0 atom stereocenters. The monoisotopic (exact) mass is 349 g/mol. The highest BCUT2D eigenvalue weighted by Gasteiger charge is 2.25. The van der Waals surface area contributed by atoms with Crippen molar-refractivity contribution in [3.8, 4) is 5.75 Å². The standard InChI is InChI=1S/C21H23N3O2/c1-26-17-5-2-4-15(12-17)13-20(25)24-10-7-16(8-11-24)19-14-23-21-18(19)6-3-9-22-21/h2-6,9,12,14,16H,7-8,10-11,13H2,1H3,(H,22,23). The fourth-order valence-corrected chi connectivity index (χ4v) is 3.82. The molecule has 1 amide bonds. The zero-order valence-corrected chi connectivity index (χ0v) is 14.9. The Labute approximate surface area is 153 Å². The number of hydrogen-bond acceptors (Lipinski definition) is 3. The van der Waals surface area contributed by atoms with E-state index >= 15 is 0 Å². The molecule has 2 aromatic heterocycles. The highest BCUT2D eigenvalue weighted by atomic mass is 16.5. The number of ether oxygens (including phenoxy) is 1. The average molecular weight is 349 g/mol. The Morgan fingerprint density at radius 1 is 1.27 bits per heavy atom. The molecule has 0 unspecified atom stereocenters. The number of pyridine rings is 1. The maximum atomic E-state index is 12.6. The van der Waals surface area contributed by atoms with E-state index in [2.05, 4.69) is 22.2 Å². The van der Waals surface area contributed by atoms with Crippen LogP contribution in [0, 0.1) is 0 Å². The molecular formula is C21H23N3O2. The Morgan fingerprint density at radius 2 is 2.12 bits per heavy atom. The van der Waals surface area contributed by atoms with Gasteiger partial charge in [0.15, 0.2) is 0 Å². The molecule has 3 heterocycles. The lowest BCUT2D eigenvalue weighted by molar-refractivity contribution is -0.131. The maximum absolute atomic E-state index is 12.6. The minimum Gasteiger partial charge on any atom is -0.497 e. The van der Waals surface area contributed by atoms with Gasteiger partial charge in [0.1, 0.15) is 11.4 Å². The smallest absolute Gasteiger partial charge is 0.226 e. The number of methoxy groups -OCH3 is 1. The fourth-order valence-electron chi connectivity index (χ4n) is 3.82. The number of aromatic nitrogens is 2. The molecular weight excluding hydrogens is 326 g/mol. The molecule has 134 valence electrons. The second kappa shape index (κ2) is 7.20. The van der Waals surface area contributed by atoms with Crippen molar-refractivity contribution in [2.45, 2.75) is 25.2 Å². The number of nitrogens with zero attached hydrogens (tertiary/aromatic N) is 2. The molecule has 1 aliphatic rings. The van der Waals surface area contributed by atoms with E-state index in [9.17, 15) is 4.79 Å². The summed E-state index contributed by atoms with van der Waals surface area (Å²) in [6.07, 6.45) is 6.30. The van der Waals surface area contributed by atoms with Gasteiger partial charge in [-0.05, 0) is 54.2 Å². The van der Waals surface area contributed by atoms with Crippen molar-refractivity contribution < 1.29 is 9.53 Å². The second-order valence-corrected chi connectivity index (χ2v) is 6.83. The minimum absolute atomic E-state index is 0.192. The molecule has 5 heteroatoms. The second-order valence-electron chi connectivity index (χ2n) is 6.83. The van der Waals surface area contributed by atoms with Crippen molar-refractivity contribution in [2.75, 3.05) is 20.2 Å². The first-order valence-electron chi connectivity index (χ1n) is 9.07. The van der Waals surface area contributed by atoms with Gasteiger partial charge in [-0.3, -0.25) is 4.79 Å². The Bertz CT molecular complexity index is 910. The van der Waals surface area contributed by atoms with Crippen LogP contribution in [0.25, 0.3) is 11.0 Å². The van der Waals surface area contributed by atoms with Crippen LogP contribution in [0.15, 0.2) is 48.8 Å². The van der Waals surface area contributed by atoms with Crippen molar-refractivity contribution in [3.63, 3.8) is 0 Å². The highest BCUT2D eigenvalue weighted by molar-refractivity contribution is 5.81. The van der Waals surface area contributed by atoms with E-state index < -0.39 is 0 Å². The highest BCUT2D eigenvalue weighted by Crippen LogP contribution is 2.32. The lowest BCUT2D eigenvalue weighted by Gasteiger charge is -2.32. The van der Waals surface area contributed by atoms with E-state index in [-0.39, 0.29) is 5.91 Å². The van der Waals surface area contributed by atoms with Crippen LogP contribution in [0.1, 0.15) is 29.9 Å². The molecule has 0 spiro atoms. The predicted octanol–water partition coefficient (Wildman–Crippen LogP) is 3.52. The van der Waals surface area contributed by atoms with E-state index in [0.717, 1.165) is 42.9 Å². The number of carbonyl (C=O) groups excluding carboxylic acids is 1. The molecule has 1 saturated heterocycles. The van der Waals surface area contributed by atoms with Gasteiger partial charge in [-0.2, -0.15) is 0 Å². The van der Waals surface area contributed by atoms with Gasteiger partial charge >= 0.3 is 0 Å². The maximum Gasteiger partial charge on any atom is 0.226 e. The van der Waals surface area contributed by atoms with E-state index in [4.69, 9.17) is 4.74 Å². The minimum atomic E-state index is 0.192. The summed E-state index contributed by atoms with van der Waals surface area (Å²) >= 11 is 0. The molecule has 5 nitrogen and oxygen atoms in total. The number of aromatic amines is 1. The third-order valence-corrected chi connectivity index (χ3v) is 5.26. The van der Waals surface area contributed by atoms with Gasteiger partial charge in [-0.1, -0.05) is 12.1 Å². The topological polar surface area (TPSA) is 58.2 Å². The third-order valence-electron chi connectivity index (χ3n) is 5.26. The van der Waals surface area contributed by atoms with Crippen molar-refractivity contribution in [3.05, 3.63) is 59.9 Å². The van der Waals surface area contributed by atoms with Crippen molar-refractivity contribution in [1.29, 1.82) is 0 Å². The molecule has 26 heavy (non-hydrogen) atoms. The molecule has 0 bridgehead atoms. The molecule has 1 aliphatic heterocycles. The van der Waals surface area contributed by atoms with Crippen LogP contribution >= 0.6 is 0 Å². The zero-order chi connectivity index (χ0) is 17.9. The summed E-state index contributed by atoms with van der Waals surface area (Å²) in [5.41, 5.74) is 3.27. The summed E-state index contributed by atoms with van der Waals surface area (Å²) in [7, 11) is 1.64. The molecule has 1 aromatic carbocycles. The van der Waals surface area contributed by atoms with Crippen molar-refractivity contribution in [2.24, 2.45) is 0 Å². The molecule has 1 N–H and O–H groups in total. The number of H-pyrrole nitrogens is 1. The predicted molar refractivity (Wildman–Crippen MR) is 101 cm³/mol. The first-order valence-corrected chi connectivity index (χ1v) is 9.07. The van der Waals surface area contributed by atoms with Gasteiger partial charge in [0.2, 0.25) is 5.91 Å². The van der Waals surface area contributed by atoms with Crippen molar-refractivity contribution in [1.82, 2.24) is 14.9 Å². The Hall–Kier alpha value is -2.82. The van der Waals surface area contributed by atoms with Crippen LogP contribution in [-0.2, 0) is 11.2 Å². The average Bonchev–Trinajstić information content (AvgIpc) is 3.12. The van der Waals surface area contributed by atoms with Gasteiger partial charge in [0.25, 0.3) is 0 Å². The molecule has 0 saturated carbocycles.